The Kier molecular flexibility index (Phi) is 6.01. The van der Waals surface area contributed by atoms with E-state index in [-0.39, 0.29) is 11.5 Å². The maximum absolute atomic E-state index is 12.3. The normalized spacial score (nSPS) is 10.8. The maximum atomic E-state index is 12.3. The highest BCUT2D eigenvalue weighted by atomic mass is 16.5. The van der Waals surface area contributed by atoms with Crippen molar-refractivity contribution >= 4 is 11.9 Å². The van der Waals surface area contributed by atoms with Gasteiger partial charge in [0.05, 0.1) is 14.2 Å². The number of phenolic OH excluding ortho intramolecular Hbond substituents is 1. The fraction of sp³-hybridized carbons (Fsp3) is 0.250. The SMILES string of the molecule is CCCc1ccc(C(=O)/C=C/c2cc(OC)c(O)c(OC)c2)cc1. The number of ether oxygens (including phenoxy) is 2. The number of ketones is 1. The van der Waals surface area contributed by atoms with Crippen LogP contribution in [0.5, 0.6) is 17.2 Å². The van der Waals surface area contributed by atoms with Crippen LogP contribution in [0.25, 0.3) is 6.08 Å². The molecule has 0 bridgehead atoms. The minimum atomic E-state index is -0.0796. The zero-order chi connectivity index (χ0) is 17.5. The summed E-state index contributed by atoms with van der Waals surface area (Å²) in [4.78, 5) is 12.3. The first-order valence-corrected chi connectivity index (χ1v) is 7.85. The van der Waals surface area contributed by atoms with Crippen molar-refractivity contribution in [2.24, 2.45) is 0 Å². The summed E-state index contributed by atoms with van der Waals surface area (Å²) in [5.74, 6) is 0.454. The highest BCUT2D eigenvalue weighted by Gasteiger charge is 2.10. The largest absolute Gasteiger partial charge is 0.502 e. The van der Waals surface area contributed by atoms with Gasteiger partial charge in [0.25, 0.3) is 0 Å². The molecule has 2 rings (SSSR count). The van der Waals surface area contributed by atoms with Crippen LogP contribution >= 0.6 is 0 Å². The topological polar surface area (TPSA) is 55.8 Å². The number of carbonyl (C=O) groups is 1. The van der Waals surface area contributed by atoms with Crippen molar-refractivity contribution < 1.29 is 19.4 Å². The first kappa shape index (κ1) is 17.6. The zero-order valence-electron chi connectivity index (χ0n) is 14.2. The molecule has 1 N–H and O–H groups in total. The van der Waals surface area contributed by atoms with Crippen molar-refractivity contribution in [1.82, 2.24) is 0 Å². The first-order chi connectivity index (χ1) is 11.6. The van der Waals surface area contributed by atoms with Gasteiger partial charge in [-0.15, -0.1) is 0 Å². The smallest absolute Gasteiger partial charge is 0.200 e. The summed E-state index contributed by atoms with van der Waals surface area (Å²) < 4.78 is 10.2. The lowest BCUT2D eigenvalue weighted by Gasteiger charge is -2.09. The van der Waals surface area contributed by atoms with Gasteiger partial charge >= 0.3 is 0 Å². The minimum Gasteiger partial charge on any atom is -0.502 e. The predicted molar refractivity (Wildman–Crippen MR) is 95.0 cm³/mol. The molecule has 0 aliphatic heterocycles. The standard InChI is InChI=1S/C20H22O4/c1-4-5-14-6-9-16(10-7-14)17(21)11-8-15-12-18(23-2)20(22)19(13-15)24-3/h6-13,22H,4-5H2,1-3H3/b11-8+. The summed E-state index contributed by atoms with van der Waals surface area (Å²) in [5.41, 5.74) is 2.58. The van der Waals surface area contributed by atoms with E-state index in [1.54, 1.807) is 18.2 Å². The summed E-state index contributed by atoms with van der Waals surface area (Å²) in [6.07, 6.45) is 5.27. The lowest BCUT2D eigenvalue weighted by atomic mass is 10.0. The average Bonchev–Trinajstić information content (AvgIpc) is 2.61. The van der Waals surface area contributed by atoms with Gasteiger partial charge in [-0.1, -0.05) is 43.7 Å². The lowest BCUT2D eigenvalue weighted by Crippen LogP contribution is -1.95. The molecular weight excluding hydrogens is 304 g/mol. The summed E-state index contributed by atoms with van der Waals surface area (Å²) in [5, 5.41) is 9.90. The molecule has 2 aromatic carbocycles. The van der Waals surface area contributed by atoms with Crippen molar-refractivity contribution in [2.45, 2.75) is 19.8 Å². The molecule has 0 amide bonds. The zero-order valence-corrected chi connectivity index (χ0v) is 14.2. The van der Waals surface area contributed by atoms with Gasteiger partial charge in [0.1, 0.15) is 0 Å². The second kappa shape index (κ2) is 8.20. The third-order valence-corrected chi connectivity index (χ3v) is 3.71. The van der Waals surface area contributed by atoms with Gasteiger partial charge in [-0.05, 0) is 35.8 Å². The van der Waals surface area contributed by atoms with E-state index in [0.717, 1.165) is 12.8 Å². The van der Waals surface area contributed by atoms with Crippen LogP contribution in [-0.2, 0) is 6.42 Å². The Balaban J connectivity index is 2.19. The van der Waals surface area contributed by atoms with Crippen LogP contribution in [-0.4, -0.2) is 25.1 Å². The van der Waals surface area contributed by atoms with Gasteiger partial charge in [-0.25, -0.2) is 0 Å². The van der Waals surface area contributed by atoms with Gasteiger partial charge in [0, 0.05) is 5.56 Å². The number of methoxy groups -OCH3 is 2. The van der Waals surface area contributed by atoms with Gasteiger partial charge in [0.2, 0.25) is 5.75 Å². The first-order valence-electron chi connectivity index (χ1n) is 7.85. The molecule has 2 aromatic rings. The highest BCUT2D eigenvalue weighted by molar-refractivity contribution is 6.06. The minimum absolute atomic E-state index is 0.0602. The second-order valence-electron chi connectivity index (χ2n) is 5.42. The van der Waals surface area contributed by atoms with Crippen LogP contribution in [0.1, 0.15) is 34.8 Å². The molecule has 4 heteroatoms. The van der Waals surface area contributed by atoms with Crippen molar-refractivity contribution in [3.05, 3.63) is 59.2 Å². The average molecular weight is 326 g/mol. The quantitative estimate of drug-likeness (QED) is 0.610. The van der Waals surface area contributed by atoms with Crippen LogP contribution in [0.3, 0.4) is 0 Å². The molecule has 4 nitrogen and oxygen atoms in total. The van der Waals surface area contributed by atoms with Crippen molar-refractivity contribution in [3.8, 4) is 17.2 Å². The van der Waals surface area contributed by atoms with E-state index >= 15 is 0 Å². The van der Waals surface area contributed by atoms with Gasteiger partial charge in [0.15, 0.2) is 17.3 Å². The highest BCUT2D eigenvalue weighted by Crippen LogP contribution is 2.37. The van der Waals surface area contributed by atoms with Gasteiger partial charge < -0.3 is 14.6 Å². The van der Waals surface area contributed by atoms with E-state index in [0.29, 0.717) is 22.6 Å². The third-order valence-electron chi connectivity index (χ3n) is 3.71. The molecule has 0 saturated carbocycles. The Bertz CT molecular complexity index is 705. The molecule has 0 saturated heterocycles. The fourth-order valence-electron chi connectivity index (χ4n) is 2.40. The van der Waals surface area contributed by atoms with Crippen molar-refractivity contribution in [2.75, 3.05) is 14.2 Å². The Hall–Kier alpha value is -2.75. The Morgan fingerprint density at radius 2 is 1.67 bits per heavy atom. The number of hydrogen-bond acceptors (Lipinski definition) is 4. The Labute approximate surface area is 142 Å². The lowest BCUT2D eigenvalue weighted by molar-refractivity contribution is 0.104. The Morgan fingerprint density at radius 1 is 1.08 bits per heavy atom. The van der Waals surface area contributed by atoms with Crippen LogP contribution in [0.2, 0.25) is 0 Å². The van der Waals surface area contributed by atoms with Crippen LogP contribution in [0.15, 0.2) is 42.5 Å². The van der Waals surface area contributed by atoms with Crippen molar-refractivity contribution in [1.29, 1.82) is 0 Å². The Morgan fingerprint density at radius 3 is 2.17 bits per heavy atom. The molecule has 0 heterocycles. The number of hydrogen-bond donors (Lipinski definition) is 1. The number of rotatable bonds is 7. The van der Waals surface area contributed by atoms with E-state index in [1.165, 1.54) is 25.9 Å². The number of aromatic hydroxyl groups is 1. The molecule has 0 radical (unpaired) electrons. The number of phenols is 1. The number of aryl methyl sites for hydroxylation is 1. The third kappa shape index (κ3) is 4.16. The van der Waals surface area contributed by atoms with Crippen molar-refractivity contribution in [3.63, 3.8) is 0 Å². The molecule has 0 atom stereocenters. The van der Waals surface area contributed by atoms with Crippen LogP contribution < -0.4 is 9.47 Å². The molecule has 0 aromatic heterocycles. The van der Waals surface area contributed by atoms with Crippen LogP contribution in [0, 0.1) is 0 Å². The fourth-order valence-corrected chi connectivity index (χ4v) is 2.40. The molecular formula is C20H22O4. The second-order valence-corrected chi connectivity index (χ2v) is 5.42. The van der Waals surface area contributed by atoms with E-state index in [9.17, 15) is 9.90 Å². The predicted octanol–water partition coefficient (Wildman–Crippen LogP) is 4.26. The van der Waals surface area contributed by atoms with Gasteiger partial charge in [-0.2, -0.15) is 0 Å². The summed E-state index contributed by atoms with van der Waals surface area (Å²) in [6.45, 7) is 2.13. The molecule has 0 aliphatic carbocycles. The summed E-state index contributed by atoms with van der Waals surface area (Å²) in [7, 11) is 2.93. The van der Waals surface area contributed by atoms with E-state index in [2.05, 4.69) is 6.92 Å². The molecule has 0 aliphatic rings. The number of carbonyl (C=O) groups excluding carboxylic acids is 1. The van der Waals surface area contributed by atoms with Crippen LogP contribution in [0.4, 0.5) is 0 Å². The summed E-state index contributed by atoms with van der Waals surface area (Å²) >= 11 is 0. The molecule has 126 valence electrons. The molecule has 24 heavy (non-hydrogen) atoms. The number of benzene rings is 2. The van der Waals surface area contributed by atoms with Gasteiger partial charge in [-0.3, -0.25) is 4.79 Å². The maximum Gasteiger partial charge on any atom is 0.200 e. The summed E-state index contributed by atoms with van der Waals surface area (Å²) in [6, 6.07) is 10.9. The molecule has 0 unspecified atom stereocenters. The molecule has 0 spiro atoms. The molecule has 0 fully saturated rings. The number of allylic oxidation sites excluding steroid dienone is 1. The van der Waals surface area contributed by atoms with E-state index in [1.807, 2.05) is 24.3 Å². The van der Waals surface area contributed by atoms with E-state index < -0.39 is 0 Å². The van der Waals surface area contributed by atoms with E-state index in [4.69, 9.17) is 9.47 Å². The monoisotopic (exact) mass is 326 g/mol.